The summed E-state index contributed by atoms with van der Waals surface area (Å²) in [7, 11) is 0. The summed E-state index contributed by atoms with van der Waals surface area (Å²) >= 11 is 6.94. The molecule has 0 aliphatic carbocycles. The van der Waals surface area contributed by atoms with Crippen LogP contribution in [0.15, 0.2) is 24.3 Å². The van der Waals surface area contributed by atoms with E-state index in [9.17, 15) is 4.79 Å². The molecule has 5 nitrogen and oxygen atoms in total. The molecule has 82 valence electrons. The van der Waals surface area contributed by atoms with Crippen LogP contribution in [0.5, 0.6) is 0 Å². The lowest BCUT2D eigenvalue weighted by Crippen LogP contribution is -2.24. The normalized spacial score (nSPS) is 10.3. The molecular weight excluding hydrogens is 248 g/mol. The van der Waals surface area contributed by atoms with Crippen LogP contribution in [0.4, 0.5) is 0 Å². The van der Waals surface area contributed by atoms with E-state index in [1.54, 1.807) is 24.3 Å². The highest BCUT2D eigenvalue weighted by Gasteiger charge is 2.13. The average Bonchev–Trinajstić information content (AvgIpc) is 2.61. The summed E-state index contributed by atoms with van der Waals surface area (Å²) in [6.07, 6.45) is 0. The zero-order valence-corrected chi connectivity index (χ0v) is 9.55. The molecule has 1 aromatic heterocycles. The molecule has 0 saturated heterocycles. The van der Waals surface area contributed by atoms with E-state index in [1.807, 2.05) is 0 Å². The van der Waals surface area contributed by atoms with Gasteiger partial charge in [-0.15, -0.1) is 0 Å². The van der Waals surface area contributed by atoms with Gasteiger partial charge in [0, 0.05) is 0 Å². The number of nitrogens with one attached hydrogen (secondary N) is 1. The summed E-state index contributed by atoms with van der Waals surface area (Å²) in [5, 5.41) is 8.23. The number of nitrogens with two attached hydrogens (primary N) is 1. The summed E-state index contributed by atoms with van der Waals surface area (Å²) < 4.78 is 5.26. The lowest BCUT2D eigenvalue weighted by molar-refractivity contribution is 0.0994. The molecule has 0 radical (unpaired) electrons. The monoisotopic (exact) mass is 254 g/mol. The first-order valence-electron chi connectivity index (χ1n) is 4.30. The molecule has 2 rings (SSSR count). The van der Waals surface area contributed by atoms with Gasteiger partial charge < -0.3 is 5.73 Å². The predicted molar refractivity (Wildman–Crippen MR) is 60.8 cm³/mol. The number of carbonyl (C=O) groups excluding carboxylic acids is 1. The Kier molecular flexibility index (Phi) is 2.76. The van der Waals surface area contributed by atoms with Gasteiger partial charge in [-0.1, -0.05) is 23.7 Å². The van der Waals surface area contributed by atoms with Crippen molar-refractivity contribution in [2.75, 3.05) is 0 Å². The molecule has 0 fully saturated rings. The zero-order valence-electron chi connectivity index (χ0n) is 7.98. The minimum absolute atomic E-state index is 0.0504. The van der Waals surface area contributed by atoms with E-state index in [0.29, 0.717) is 10.7 Å². The van der Waals surface area contributed by atoms with Crippen LogP contribution in [-0.2, 0) is 0 Å². The molecule has 1 amide bonds. The number of primary amides is 1. The molecule has 1 heterocycles. The maximum Gasteiger partial charge on any atom is 0.272 e. The molecule has 0 atom stereocenters. The molecular formula is C9H7ClN4OS. The van der Waals surface area contributed by atoms with Gasteiger partial charge in [0.2, 0.25) is 0 Å². The summed E-state index contributed by atoms with van der Waals surface area (Å²) in [5.74, 6) is -0.716. The number of rotatable bonds is 2. The summed E-state index contributed by atoms with van der Waals surface area (Å²) in [6, 6.07) is 7.01. The second-order valence-electron chi connectivity index (χ2n) is 2.98. The van der Waals surface area contributed by atoms with E-state index in [0.717, 1.165) is 11.7 Å². The smallest absolute Gasteiger partial charge is 0.272 e. The number of nitrogens with zero attached hydrogens (tertiary/aromatic N) is 2. The van der Waals surface area contributed by atoms with Crippen LogP contribution in [0.2, 0.25) is 5.02 Å². The third kappa shape index (κ3) is 1.72. The molecule has 0 aliphatic rings. The van der Waals surface area contributed by atoms with Crippen molar-refractivity contribution in [2.45, 2.75) is 0 Å². The molecule has 16 heavy (non-hydrogen) atoms. The standard InChI is InChI=1S/C9H7ClN4OS/c10-5-3-1-2-4-6(5)14-8(11)7(9(12)15)13-16-14/h1-4,11H,(H2,12,15). The Labute approximate surface area is 99.9 Å². The van der Waals surface area contributed by atoms with Gasteiger partial charge in [0.05, 0.1) is 22.4 Å². The van der Waals surface area contributed by atoms with Crippen molar-refractivity contribution in [3.8, 4) is 5.69 Å². The SMILES string of the molecule is N=c1c(C(N)=O)nsn1-c1ccccc1Cl. The lowest BCUT2D eigenvalue weighted by Gasteiger charge is -2.01. The Bertz CT molecular complexity index is 604. The fraction of sp³-hybridized carbons (Fsp3) is 0. The highest BCUT2D eigenvalue weighted by atomic mass is 35.5. The molecule has 2 aromatic rings. The third-order valence-electron chi connectivity index (χ3n) is 1.95. The molecule has 1 aromatic carbocycles. The summed E-state index contributed by atoms with van der Waals surface area (Å²) in [6.45, 7) is 0. The number of halogens is 1. The van der Waals surface area contributed by atoms with Crippen LogP contribution < -0.4 is 11.2 Å². The first-order valence-corrected chi connectivity index (χ1v) is 5.40. The topological polar surface area (TPSA) is 84.8 Å². The van der Waals surface area contributed by atoms with E-state index < -0.39 is 5.91 Å². The number of para-hydroxylation sites is 1. The first-order chi connectivity index (χ1) is 7.61. The van der Waals surface area contributed by atoms with Gasteiger partial charge in [-0.3, -0.25) is 10.2 Å². The molecule has 0 aliphatic heterocycles. The van der Waals surface area contributed by atoms with E-state index >= 15 is 0 Å². The Morgan fingerprint density at radius 3 is 2.75 bits per heavy atom. The molecule has 3 N–H and O–H groups in total. The number of carbonyl (C=O) groups is 1. The molecule has 0 bridgehead atoms. The van der Waals surface area contributed by atoms with Gasteiger partial charge >= 0.3 is 0 Å². The molecule has 0 spiro atoms. The Hall–Kier alpha value is -1.66. The third-order valence-corrected chi connectivity index (χ3v) is 3.07. The molecule has 0 saturated carbocycles. The second kappa shape index (κ2) is 4.07. The van der Waals surface area contributed by atoms with Crippen molar-refractivity contribution in [3.05, 3.63) is 40.5 Å². The van der Waals surface area contributed by atoms with Crippen molar-refractivity contribution in [2.24, 2.45) is 5.73 Å². The molecule has 0 unspecified atom stereocenters. The number of hydrogen-bond acceptors (Lipinski definition) is 4. The van der Waals surface area contributed by atoms with Crippen molar-refractivity contribution in [3.63, 3.8) is 0 Å². The van der Waals surface area contributed by atoms with E-state index in [-0.39, 0.29) is 11.2 Å². The largest absolute Gasteiger partial charge is 0.364 e. The number of aromatic nitrogens is 2. The maximum atomic E-state index is 11.0. The van der Waals surface area contributed by atoms with E-state index in [4.69, 9.17) is 22.7 Å². The van der Waals surface area contributed by atoms with Crippen LogP contribution in [-0.4, -0.2) is 14.2 Å². The Morgan fingerprint density at radius 2 is 2.19 bits per heavy atom. The average molecular weight is 255 g/mol. The highest BCUT2D eigenvalue weighted by molar-refractivity contribution is 7.00. The van der Waals surface area contributed by atoms with Crippen molar-refractivity contribution >= 4 is 29.2 Å². The van der Waals surface area contributed by atoms with E-state index in [1.165, 1.54) is 3.96 Å². The quantitative estimate of drug-likeness (QED) is 0.843. The van der Waals surface area contributed by atoms with Gasteiger partial charge in [0.15, 0.2) is 11.2 Å². The summed E-state index contributed by atoms with van der Waals surface area (Å²) in [5.41, 5.74) is 5.59. The predicted octanol–water partition coefficient (Wildman–Crippen LogP) is 1.17. The number of hydrogen-bond donors (Lipinski definition) is 2. The first kappa shape index (κ1) is 10.8. The second-order valence-corrected chi connectivity index (χ2v) is 4.10. The highest BCUT2D eigenvalue weighted by Crippen LogP contribution is 2.19. The van der Waals surface area contributed by atoms with Crippen LogP contribution in [0.25, 0.3) is 5.69 Å². The Balaban J connectivity index is 2.63. The van der Waals surface area contributed by atoms with Crippen LogP contribution in [0, 0.1) is 5.41 Å². The van der Waals surface area contributed by atoms with Crippen LogP contribution in [0.3, 0.4) is 0 Å². The van der Waals surface area contributed by atoms with Gasteiger partial charge in [0.1, 0.15) is 0 Å². The zero-order chi connectivity index (χ0) is 11.7. The minimum Gasteiger partial charge on any atom is -0.364 e. The van der Waals surface area contributed by atoms with Gasteiger partial charge in [0.25, 0.3) is 5.91 Å². The number of benzene rings is 1. The lowest BCUT2D eigenvalue weighted by atomic mass is 10.3. The maximum absolute atomic E-state index is 11.0. The van der Waals surface area contributed by atoms with Crippen LogP contribution in [0.1, 0.15) is 10.5 Å². The minimum atomic E-state index is -0.716. The van der Waals surface area contributed by atoms with Crippen molar-refractivity contribution in [1.82, 2.24) is 8.33 Å². The van der Waals surface area contributed by atoms with Crippen molar-refractivity contribution in [1.29, 1.82) is 5.41 Å². The van der Waals surface area contributed by atoms with Crippen molar-refractivity contribution < 1.29 is 4.79 Å². The fourth-order valence-electron chi connectivity index (χ4n) is 1.20. The Morgan fingerprint density at radius 1 is 1.50 bits per heavy atom. The van der Waals surface area contributed by atoms with E-state index in [2.05, 4.69) is 4.37 Å². The van der Waals surface area contributed by atoms with Gasteiger partial charge in [-0.05, 0) is 12.1 Å². The van der Waals surface area contributed by atoms with Gasteiger partial charge in [-0.2, -0.15) is 4.37 Å². The summed E-state index contributed by atoms with van der Waals surface area (Å²) in [4.78, 5) is 11.0. The van der Waals surface area contributed by atoms with Gasteiger partial charge in [-0.25, -0.2) is 3.96 Å². The fourth-order valence-corrected chi connectivity index (χ4v) is 2.23. The van der Waals surface area contributed by atoms with Crippen LogP contribution >= 0.6 is 23.3 Å². The number of amides is 1. The molecule has 7 heteroatoms.